The number of benzene rings is 2. The maximum atomic E-state index is 12.6. The molecule has 1 aromatic heterocycles. The quantitative estimate of drug-likeness (QED) is 0.323. The van der Waals surface area contributed by atoms with Gasteiger partial charge in [0.05, 0.1) is 18.3 Å². The van der Waals surface area contributed by atoms with Gasteiger partial charge in [-0.3, -0.25) is 9.48 Å². The van der Waals surface area contributed by atoms with Gasteiger partial charge in [-0.05, 0) is 63.9 Å². The Morgan fingerprint density at radius 2 is 1.71 bits per heavy atom. The largest absolute Gasteiger partial charge is 0.457 e. The molecule has 1 aliphatic heterocycles. The van der Waals surface area contributed by atoms with Gasteiger partial charge in [0.2, 0.25) is 5.69 Å². The summed E-state index contributed by atoms with van der Waals surface area (Å²) in [5.74, 6) is 1.13. The molecule has 35 heavy (non-hydrogen) atoms. The van der Waals surface area contributed by atoms with E-state index in [1.54, 1.807) is 9.58 Å². The van der Waals surface area contributed by atoms with Gasteiger partial charge in [0, 0.05) is 13.1 Å². The van der Waals surface area contributed by atoms with Crippen molar-refractivity contribution in [3.63, 3.8) is 0 Å². The summed E-state index contributed by atoms with van der Waals surface area (Å²) in [5, 5.41) is 4.70. The Balaban J connectivity index is 1.61. The van der Waals surface area contributed by atoms with E-state index in [-0.39, 0.29) is 23.2 Å². The van der Waals surface area contributed by atoms with E-state index in [9.17, 15) is 9.59 Å². The maximum absolute atomic E-state index is 12.6. The van der Waals surface area contributed by atoms with Gasteiger partial charge in [0.25, 0.3) is 0 Å². The molecule has 0 aliphatic carbocycles. The number of hydrogen-bond donors (Lipinski definition) is 0. The fraction of sp³-hybridized carbons (Fsp3) is 0.333. The zero-order valence-corrected chi connectivity index (χ0v) is 20.3. The van der Waals surface area contributed by atoms with E-state index in [0.717, 1.165) is 5.75 Å². The van der Waals surface area contributed by atoms with Gasteiger partial charge in [0.15, 0.2) is 5.78 Å². The summed E-state index contributed by atoms with van der Waals surface area (Å²) in [6, 6.07) is 16.5. The maximum Gasteiger partial charge on any atom is 0.410 e. The van der Waals surface area contributed by atoms with Crippen molar-refractivity contribution in [2.75, 3.05) is 13.1 Å². The Labute approximate surface area is 204 Å². The molecule has 3 aromatic rings. The van der Waals surface area contributed by atoms with Gasteiger partial charge in [-0.15, -0.1) is 0 Å². The third kappa shape index (κ3) is 5.35. The number of carbonyl (C=O) groups excluding carboxylic acids is 2. The van der Waals surface area contributed by atoms with Crippen molar-refractivity contribution in [1.29, 1.82) is 0 Å². The highest BCUT2D eigenvalue weighted by molar-refractivity contribution is 6.01. The minimum atomic E-state index is -0.591. The lowest BCUT2D eigenvalue weighted by Gasteiger charge is -2.24. The number of amides is 1. The number of nitrogens with zero attached hydrogens (tertiary/aromatic N) is 4. The first-order valence-electron chi connectivity index (χ1n) is 11.5. The number of aromatic nitrogens is 2. The van der Waals surface area contributed by atoms with E-state index in [4.69, 9.17) is 21.1 Å². The summed E-state index contributed by atoms with van der Waals surface area (Å²) in [5.41, 5.74) is 1.03. The molecule has 2 aromatic carbocycles. The van der Waals surface area contributed by atoms with E-state index >= 15 is 0 Å². The van der Waals surface area contributed by atoms with Crippen molar-refractivity contribution in [2.45, 2.75) is 45.8 Å². The Morgan fingerprint density at radius 1 is 1.06 bits per heavy atom. The molecule has 0 bridgehead atoms. The van der Waals surface area contributed by atoms with Gasteiger partial charge in [-0.2, -0.15) is 5.10 Å². The van der Waals surface area contributed by atoms with Crippen LogP contribution in [0.4, 0.5) is 10.5 Å². The topological polar surface area (TPSA) is 78.0 Å². The molecule has 1 atom stereocenters. The first-order chi connectivity index (χ1) is 16.7. The number of Topliss-reactive ketones (excluding diaryl/α,β-unsaturated/α-hetero) is 1. The van der Waals surface area contributed by atoms with E-state index < -0.39 is 11.7 Å². The monoisotopic (exact) mass is 472 g/mol. The third-order valence-corrected chi connectivity index (χ3v) is 5.60. The molecule has 0 saturated carbocycles. The van der Waals surface area contributed by atoms with Gasteiger partial charge in [-0.1, -0.05) is 30.3 Å². The molecule has 8 heteroatoms. The van der Waals surface area contributed by atoms with Crippen LogP contribution < -0.4 is 4.74 Å². The van der Waals surface area contributed by atoms with Crippen LogP contribution >= 0.6 is 0 Å². The van der Waals surface area contributed by atoms with Gasteiger partial charge >= 0.3 is 6.09 Å². The second kappa shape index (κ2) is 9.63. The zero-order valence-electron chi connectivity index (χ0n) is 20.3. The third-order valence-electron chi connectivity index (χ3n) is 5.60. The Morgan fingerprint density at radius 3 is 2.31 bits per heavy atom. The van der Waals surface area contributed by atoms with Crippen LogP contribution in [0.2, 0.25) is 0 Å². The Bertz CT molecular complexity index is 1270. The molecule has 1 aliphatic rings. The fourth-order valence-electron chi connectivity index (χ4n) is 4.06. The minimum absolute atomic E-state index is 0.213. The number of rotatable bonds is 5. The minimum Gasteiger partial charge on any atom is -0.457 e. The molecular weight excluding hydrogens is 444 g/mol. The highest BCUT2D eigenvalue weighted by Gasteiger charge is 2.34. The average Bonchev–Trinajstić information content (AvgIpc) is 3.44. The van der Waals surface area contributed by atoms with Crippen molar-refractivity contribution in [3.05, 3.63) is 71.7 Å². The number of para-hydroxylation sites is 1. The predicted octanol–water partition coefficient (Wildman–Crippen LogP) is 6.28. The molecule has 1 fully saturated rings. The normalized spacial score (nSPS) is 15.5. The molecule has 0 spiro atoms. The molecule has 0 radical (unpaired) electrons. The highest BCUT2D eigenvalue weighted by atomic mass is 16.6. The highest BCUT2D eigenvalue weighted by Crippen LogP contribution is 2.37. The molecule has 180 valence electrons. The van der Waals surface area contributed by atoms with Crippen LogP contribution in [0.1, 0.15) is 50.6 Å². The summed E-state index contributed by atoms with van der Waals surface area (Å²) in [6.07, 6.45) is 0.221. The standard InChI is InChI=1S/C27H28N4O4/c1-18(32)25-24(28-5)23(19-11-13-22(14-12-19)34-21-9-7-6-8-10-21)29-31(25)20-15-16-30(17-20)26(33)35-27(2,3)4/h6-14,20H,15-17H2,1-4H3/t20-/m1/s1. The smallest absolute Gasteiger partial charge is 0.410 e. The summed E-state index contributed by atoms with van der Waals surface area (Å²) in [7, 11) is 0. The van der Waals surface area contributed by atoms with E-state index in [0.29, 0.717) is 36.5 Å². The van der Waals surface area contributed by atoms with E-state index in [1.165, 1.54) is 6.92 Å². The fourth-order valence-corrected chi connectivity index (χ4v) is 4.06. The van der Waals surface area contributed by atoms with Crippen LogP contribution in [0.25, 0.3) is 16.1 Å². The van der Waals surface area contributed by atoms with E-state index in [1.807, 2.05) is 75.4 Å². The number of carbonyl (C=O) groups is 2. The number of hydrogen-bond acceptors (Lipinski definition) is 5. The number of likely N-dealkylation sites (tertiary alicyclic amines) is 1. The summed E-state index contributed by atoms with van der Waals surface area (Å²) >= 11 is 0. The summed E-state index contributed by atoms with van der Waals surface area (Å²) in [6.45, 7) is 15.5. The van der Waals surface area contributed by atoms with Crippen LogP contribution in [-0.4, -0.2) is 45.2 Å². The van der Waals surface area contributed by atoms with Crippen LogP contribution in [0, 0.1) is 6.57 Å². The Hall–Kier alpha value is -4.12. The van der Waals surface area contributed by atoms with Crippen molar-refractivity contribution in [1.82, 2.24) is 14.7 Å². The molecule has 2 heterocycles. The van der Waals surface area contributed by atoms with Gasteiger partial charge < -0.3 is 14.4 Å². The molecule has 8 nitrogen and oxygen atoms in total. The van der Waals surface area contributed by atoms with Crippen molar-refractivity contribution < 1.29 is 19.1 Å². The lowest BCUT2D eigenvalue weighted by Crippen LogP contribution is -2.35. The van der Waals surface area contributed by atoms with Crippen molar-refractivity contribution >= 4 is 17.6 Å². The molecule has 1 amide bonds. The zero-order chi connectivity index (χ0) is 25.2. The van der Waals surface area contributed by atoms with Crippen LogP contribution in [0.3, 0.4) is 0 Å². The SMILES string of the molecule is [C-]#[N+]c1c(-c2ccc(Oc3ccccc3)cc2)nn([C@@H]2CCN(C(=O)OC(C)(C)C)C2)c1C(C)=O. The molecule has 0 unspecified atom stereocenters. The van der Waals surface area contributed by atoms with Gasteiger partial charge in [-0.25, -0.2) is 9.64 Å². The van der Waals surface area contributed by atoms with E-state index in [2.05, 4.69) is 4.85 Å². The van der Waals surface area contributed by atoms with Crippen LogP contribution in [0.5, 0.6) is 11.5 Å². The average molecular weight is 473 g/mol. The lowest BCUT2D eigenvalue weighted by molar-refractivity contribution is 0.0288. The molecular formula is C27H28N4O4. The second-order valence-corrected chi connectivity index (χ2v) is 9.47. The van der Waals surface area contributed by atoms with Gasteiger partial charge in [0.1, 0.15) is 22.8 Å². The number of ether oxygens (including phenoxy) is 2. The lowest BCUT2D eigenvalue weighted by atomic mass is 10.1. The summed E-state index contributed by atoms with van der Waals surface area (Å²) < 4.78 is 13.0. The van der Waals surface area contributed by atoms with Crippen LogP contribution in [-0.2, 0) is 4.74 Å². The number of ketones is 1. The van der Waals surface area contributed by atoms with Crippen molar-refractivity contribution in [2.24, 2.45) is 0 Å². The summed E-state index contributed by atoms with van der Waals surface area (Å²) in [4.78, 5) is 30.4. The molecule has 0 N–H and O–H groups in total. The molecule has 1 saturated heterocycles. The van der Waals surface area contributed by atoms with Crippen LogP contribution in [0.15, 0.2) is 54.6 Å². The predicted molar refractivity (Wildman–Crippen MR) is 132 cm³/mol. The Kier molecular flexibility index (Phi) is 6.61. The second-order valence-electron chi connectivity index (χ2n) is 9.47. The molecule has 4 rings (SSSR count). The van der Waals surface area contributed by atoms with Crippen molar-refractivity contribution in [3.8, 4) is 22.8 Å². The first-order valence-corrected chi connectivity index (χ1v) is 11.5. The first kappa shape index (κ1) is 24.0.